The average molecular weight is 391 g/mol. The molecule has 8 heteroatoms. The van der Waals surface area contributed by atoms with E-state index >= 15 is 0 Å². The largest absolute Gasteiger partial charge is 0.435 e. The monoisotopic (exact) mass is 391 g/mol. The summed E-state index contributed by atoms with van der Waals surface area (Å²) >= 11 is 0. The Hall–Kier alpha value is -2.87. The first-order valence-corrected chi connectivity index (χ1v) is 8.54. The normalized spacial score (nSPS) is 12.0. The number of benzene rings is 1. The fourth-order valence-electron chi connectivity index (χ4n) is 2.29. The van der Waals surface area contributed by atoms with Gasteiger partial charge in [-0.05, 0) is 45.9 Å². The van der Waals surface area contributed by atoms with Gasteiger partial charge < -0.3 is 15.2 Å². The van der Waals surface area contributed by atoms with Gasteiger partial charge in [0.05, 0.1) is 22.5 Å². The number of carbonyl (C=O) groups is 1. The number of hydrogen-bond donors (Lipinski definition) is 3. The van der Waals surface area contributed by atoms with Crippen LogP contribution in [0.1, 0.15) is 49.3 Å². The molecule has 0 aliphatic carbocycles. The molecule has 1 aromatic heterocycles. The van der Waals surface area contributed by atoms with Crippen molar-refractivity contribution in [3.05, 3.63) is 53.3 Å². The molecule has 0 bridgehead atoms. The van der Waals surface area contributed by atoms with Crippen LogP contribution in [0.25, 0.3) is 0 Å². The Labute approximate surface area is 162 Å². The highest BCUT2D eigenvalue weighted by molar-refractivity contribution is 6.13. The molecule has 1 heterocycles. The molecule has 0 atom stereocenters. The fraction of sp³-hybridized carbons (Fsp3) is 0.350. The molecule has 0 radical (unpaired) electrons. The van der Waals surface area contributed by atoms with Crippen LogP contribution in [-0.2, 0) is 0 Å². The van der Waals surface area contributed by atoms with Gasteiger partial charge in [0.15, 0.2) is 6.29 Å². The molecule has 3 N–H and O–H groups in total. The van der Waals surface area contributed by atoms with Crippen LogP contribution in [0, 0.1) is 5.41 Å². The van der Waals surface area contributed by atoms with Gasteiger partial charge in [-0.15, -0.1) is 0 Å². The zero-order chi connectivity index (χ0) is 21.1. The first kappa shape index (κ1) is 21.4. The molecule has 0 aliphatic rings. The summed E-state index contributed by atoms with van der Waals surface area (Å²) in [5.41, 5.74) is -0.834. The van der Waals surface area contributed by atoms with Gasteiger partial charge >= 0.3 is 6.61 Å². The Morgan fingerprint density at radius 1 is 1.29 bits per heavy atom. The first-order valence-electron chi connectivity index (χ1n) is 8.54. The molecule has 28 heavy (non-hydrogen) atoms. The number of alkyl halides is 2. The second kappa shape index (κ2) is 8.02. The van der Waals surface area contributed by atoms with E-state index in [2.05, 4.69) is 15.0 Å². The van der Waals surface area contributed by atoms with Crippen LogP contribution in [0.2, 0.25) is 0 Å². The smallest absolute Gasteiger partial charge is 0.387 e. The van der Waals surface area contributed by atoms with Gasteiger partial charge in [0.25, 0.3) is 0 Å². The van der Waals surface area contributed by atoms with E-state index in [0.29, 0.717) is 23.1 Å². The summed E-state index contributed by atoms with van der Waals surface area (Å²) in [7, 11) is 0. The number of ether oxygens (including phenoxy) is 1. The number of halogens is 2. The molecule has 0 saturated carbocycles. The van der Waals surface area contributed by atoms with Crippen LogP contribution in [0.4, 0.5) is 14.5 Å². The van der Waals surface area contributed by atoms with Crippen molar-refractivity contribution in [2.75, 3.05) is 5.32 Å². The van der Waals surface area contributed by atoms with Crippen LogP contribution >= 0.6 is 0 Å². The predicted molar refractivity (Wildman–Crippen MR) is 103 cm³/mol. The third-order valence-corrected chi connectivity index (χ3v) is 4.61. The molecule has 2 aromatic rings. The highest BCUT2D eigenvalue weighted by Gasteiger charge is 2.35. The number of nitrogens with one attached hydrogen (secondary N) is 2. The molecule has 0 unspecified atom stereocenters. The molecular weight excluding hydrogens is 368 g/mol. The molecule has 0 saturated heterocycles. The highest BCUT2D eigenvalue weighted by Crippen LogP contribution is 2.29. The van der Waals surface area contributed by atoms with Gasteiger partial charge in [-0.2, -0.15) is 8.78 Å². The fourth-order valence-corrected chi connectivity index (χ4v) is 2.29. The third kappa shape index (κ3) is 4.89. The Bertz CT molecular complexity index is 877. The second-order valence-corrected chi connectivity index (χ2v) is 7.37. The number of anilines is 1. The van der Waals surface area contributed by atoms with Gasteiger partial charge in [0, 0.05) is 17.3 Å². The number of pyridine rings is 1. The Kier molecular flexibility index (Phi) is 6.14. The molecule has 1 aromatic carbocycles. The zero-order valence-electron chi connectivity index (χ0n) is 16.1. The minimum atomic E-state index is -2.97. The lowest BCUT2D eigenvalue weighted by Crippen LogP contribution is -2.51. The summed E-state index contributed by atoms with van der Waals surface area (Å²) in [4.78, 5) is 15.4. The molecular formula is C20H23F2N3O3. The first-order chi connectivity index (χ1) is 12.9. The maximum Gasteiger partial charge on any atom is 0.387 e. The summed E-state index contributed by atoms with van der Waals surface area (Å²) in [5.74, 6) is -0.0758. The molecule has 0 spiro atoms. The zero-order valence-corrected chi connectivity index (χ0v) is 16.1. The Morgan fingerprint density at radius 2 is 1.96 bits per heavy atom. The standard InChI is InChI=1S/C20H23F2N3O3/c1-19(2,20(3,4)27)25-15-8-12(11-26)10-24-17(15)16(23)13-6-5-7-14(9-13)28-18(21)22/h5-11,18,23,25,27H,1-4H3. The van der Waals surface area contributed by atoms with Crippen LogP contribution in [-0.4, -0.2) is 39.8 Å². The van der Waals surface area contributed by atoms with Crippen molar-refractivity contribution in [3.63, 3.8) is 0 Å². The lowest BCUT2D eigenvalue weighted by Gasteiger charge is -2.39. The van der Waals surface area contributed by atoms with E-state index in [1.54, 1.807) is 33.8 Å². The van der Waals surface area contributed by atoms with Crippen molar-refractivity contribution >= 4 is 17.7 Å². The topological polar surface area (TPSA) is 95.3 Å². The number of aldehydes is 1. The van der Waals surface area contributed by atoms with Crippen molar-refractivity contribution in [1.29, 1.82) is 5.41 Å². The maximum atomic E-state index is 12.5. The van der Waals surface area contributed by atoms with Gasteiger partial charge in [0.1, 0.15) is 11.4 Å². The minimum absolute atomic E-state index is 0.0498. The predicted octanol–water partition coefficient (Wildman–Crippen LogP) is 3.87. The molecule has 0 fully saturated rings. The SMILES string of the molecule is CC(C)(O)C(C)(C)Nc1cc(C=O)cnc1C(=N)c1cccc(OC(F)F)c1. The number of aliphatic hydroxyl groups is 1. The number of carbonyl (C=O) groups excluding carboxylic acids is 1. The van der Waals surface area contributed by atoms with Crippen LogP contribution in [0.3, 0.4) is 0 Å². The van der Waals surface area contributed by atoms with Crippen LogP contribution in [0.15, 0.2) is 36.5 Å². The summed E-state index contributed by atoms with van der Waals surface area (Å²) in [6.07, 6.45) is 1.94. The maximum absolute atomic E-state index is 12.5. The summed E-state index contributed by atoms with van der Waals surface area (Å²) in [5, 5.41) is 22.0. The number of nitrogens with zero attached hydrogens (tertiary/aromatic N) is 1. The number of rotatable bonds is 8. The number of aromatic nitrogens is 1. The van der Waals surface area contributed by atoms with Gasteiger partial charge in [0.2, 0.25) is 0 Å². The Morgan fingerprint density at radius 3 is 2.54 bits per heavy atom. The van der Waals surface area contributed by atoms with E-state index < -0.39 is 17.8 Å². The van der Waals surface area contributed by atoms with Crippen molar-refractivity contribution in [2.45, 2.75) is 45.4 Å². The third-order valence-electron chi connectivity index (χ3n) is 4.61. The van der Waals surface area contributed by atoms with Crippen molar-refractivity contribution in [3.8, 4) is 5.75 Å². The summed E-state index contributed by atoms with van der Waals surface area (Å²) in [6, 6.07) is 7.27. The Balaban J connectivity index is 2.47. The lowest BCUT2D eigenvalue weighted by molar-refractivity contribution is -0.0498. The van der Waals surface area contributed by atoms with E-state index in [4.69, 9.17) is 5.41 Å². The number of hydrogen-bond acceptors (Lipinski definition) is 6. The van der Waals surface area contributed by atoms with E-state index in [-0.39, 0.29) is 17.2 Å². The van der Waals surface area contributed by atoms with Gasteiger partial charge in [-0.1, -0.05) is 12.1 Å². The average Bonchev–Trinajstić information content (AvgIpc) is 2.59. The molecule has 150 valence electrons. The quantitative estimate of drug-likeness (QED) is 0.469. The summed E-state index contributed by atoms with van der Waals surface area (Å²) in [6.45, 7) is 3.83. The highest BCUT2D eigenvalue weighted by atomic mass is 19.3. The van der Waals surface area contributed by atoms with Gasteiger partial charge in [-0.3, -0.25) is 15.2 Å². The minimum Gasteiger partial charge on any atom is -0.435 e. The van der Waals surface area contributed by atoms with Crippen molar-refractivity contribution in [2.24, 2.45) is 0 Å². The van der Waals surface area contributed by atoms with Crippen molar-refractivity contribution in [1.82, 2.24) is 4.98 Å². The second-order valence-electron chi connectivity index (χ2n) is 7.37. The summed E-state index contributed by atoms with van der Waals surface area (Å²) < 4.78 is 29.3. The van der Waals surface area contributed by atoms with Crippen LogP contribution < -0.4 is 10.1 Å². The molecule has 0 aliphatic heterocycles. The van der Waals surface area contributed by atoms with Crippen LogP contribution in [0.5, 0.6) is 5.75 Å². The van der Waals surface area contributed by atoms with E-state index in [1.165, 1.54) is 30.5 Å². The lowest BCUT2D eigenvalue weighted by atomic mass is 9.85. The van der Waals surface area contributed by atoms with Crippen molar-refractivity contribution < 1.29 is 23.4 Å². The van der Waals surface area contributed by atoms with E-state index in [1.807, 2.05) is 0 Å². The van der Waals surface area contributed by atoms with Gasteiger partial charge in [-0.25, -0.2) is 0 Å². The molecule has 2 rings (SSSR count). The van der Waals surface area contributed by atoms with E-state index in [9.17, 15) is 18.7 Å². The molecule has 0 amide bonds. The molecule has 6 nitrogen and oxygen atoms in total. The van der Waals surface area contributed by atoms with E-state index in [0.717, 1.165) is 0 Å².